The fourth-order valence-electron chi connectivity index (χ4n) is 2.66. The fourth-order valence-corrected chi connectivity index (χ4v) is 3.75. The number of nitrogens with one attached hydrogen (secondary N) is 1. The maximum atomic E-state index is 13.2. The highest BCUT2D eigenvalue weighted by molar-refractivity contribution is 7.99. The average molecular weight is 500 g/mol. The number of ether oxygens (including phenoxy) is 1. The minimum atomic E-state index is -0.579. The highest BCUT2D eigenvalue weighted by atomic mass is 35.5. The summed E-state index contributed by atoms with van der Waals surface area (Å²) >= 11 is 13.1. The van der Waals surface area contributed by atoms with Gasteiger partial charge in [0.25, 0.3) is 5.69 Å². The van der Waals surface area contributed by atoms with Crippen molar-refractivity contribution in [1.29, 1.82) is 0 Å². The van der Waals surface area contributed by atoms with E-state index in [9.17, 15) is 19.3 Å². The molecule has 0 bridgehead atoms. The SMILES string of the molecule is CC(Oc1ccc(F)cc1Cl)c1nnc(SCC(=O)Nc2cc([N+](=O)[O-])ccc2Cl)n1C. The summed E-state index contributed by atoms with van der Waals surface area (Å²) in [5.41, 5.74) is -0.0474. The van der Waals surface area contributed by atoms with Gasteiger partial charge in [0.2, 0.25) is 5.91 Å². The van der Waals surface area contributed by atoms with E-state index in [1.165, 1.54) is 30.3 Å². The van der Waals surface area contributed by atoms with Gasteiger partial charge >= 0.3 is 0 Å². The molecule has 0 fully saturated rings. The molecule has 0 saturated carbocycles. The van der Waals surface area contributed by atoms with Crippen LogP contribution in [0.5, 0.6) is 5.75 Å². The van der Waals surface area contributed by atoms with Crippen molar-refractivity contribution in [2.24, 2.45) is 7.05 Å². The zero-order valence-corrected chi connectivity index (χ0v) is 19.0. The molecule has 32 heavy (non-hydrogen) atoms. The normalized spacial score (nSPS) is 11.8. The number of thioether (sulfide) groups is 1. The van der Waals surface area contributed by atoms with Gasteiger partial charge in [0.15, 0.2) is 17.1 Å². The van der Waals surface area contributed by atoms with Crippen LogP contribution in [0.1, 0.15) is 18.9 Å². The summed E-state index contributed by atoms with van der Waals surface area (Å²) in [5, 5.41) is 22.3. The first-order valence-electron chi connectivity index (χ1n) is 9.03. The lowest BCUT2D eigenvalue weighted by molar-refractivity contribution is -0.384. The molecule has 0 saturated heterocycles. The van der Waals surface area contributed by atoms with Crippen molar-refractivity contribution in [2.75, 3.05) is 11.1 Å². The van der Waals surface area contributed by atoms with E-state index in [1.54, 1.807) is 18.5 Å². The number of aromatic nitrogens is 3. The lowest BCUT2D eigenvalue weighted by Gasteiger charge is -2.15. The van der Waals surface area contributed by atoms with Gasteiger partial charge in [0.1, 0.15) is 11.6 Å². The number of non-ortho nitro benzene ring substituents is 1. The van der Waals surface area contributed by atoms with Crippen molar-refractivity contribution < 1.29 is 18.8 Å². The zero-order chi connectivity index (χ0) is 23.4. The predicted octanol–water partition coefficient (Wildman–Crippen LogP) is 5.04. The summed E-state index contributed by atoms with van der Waals surface area (Å²) in [6.07, 6.45) is -0.553. The van der Waals surface area contributed by atoms with E-state index in [1.807, 2.05) is 0 Å². The Bertz CT molecular complexity index is 1180. The number of hydrogen-bond donors (Lipinski definition) is 1. The van der Waals surface area contributed by atoms with Crippen LogP contribution in [-0.2, 0) is 11.8 Å². The number of nitro benzene ring substituents is 1. The van der Waals surface area contributed by atoms with E-state index in [2.05, 4.69) is 15.5 Å². The quantitative estimate of drug-likeness (QED) is 0.262. The van der Waals surface area contributed by atoms with Crippen LogP contribution in [0.15, 0.2) is 41.6 Å². The van der Waals surface area contributed by atoms with E-state index < -0.39 is 22.8 Å². The smallest absolute Gasteiger partial charge is 0.271 e. The number of halogens is 3. The number of benzene rings is 2. The molecule has 1 heterocycles. The van der Waals surface area contributed by atoms with Crippen LogP contribution in [0.4, 0.5) is 15.8 Å². The Labute approximate surface area is 196 Å². The van der Waals surface area contributed by atoms with Crippen molar-refractivity contribution in [3.05, 3.63) is 68.2 Å². The Morgan fingerprint density at radius 2 is 2.03 bits per heavy atom. The van der Waals surface area contributed by atoms with Crippen LogP contribution in [0.3, 0.4) is 0 Å². The van der Waals surface area contributed by atoms with Gasteiger partial charge in [-0.2, -0.15) is 0 Å². The first-order valence-corrected chi connectivity index (χ1v) is 10.8. The molecular weight excluding hydrogens is 484 g/mol. The lowest BCUT2D eigenvalue weighted by Crippen LogP contribution is -2.15. The highest BCUT2D eigenvalue weighted by Gasteiger charge is 2.20. The highest BCUT2D eigenvalue weighted by Crippen LogP contribution is 2.30. The molecule has 3 aromatic rings. The van der Waals surface area contributed by atoms with E-state index in [4.69, 9.17) is 27.9 Å². The van der Waals surface area contributed by atoms with Crippen LogP contribution in [0.2, 0.25) is 10.0 Å². The number of nitrogens with zero attached hydrogens (tertiary/aromatic N) is 4. The van der Waals surface area contributed by atoms with E-state index in [-0.39, 0.29) is 27.2 Å². The van der Waals surface area contributed by atoms with Gasteiger partial charge in [-0.1, -0.05) is 35.0 Å². The zero-order valence-electron chi connectivity index (χ0n) is 16.7. The molecular formula is C19H16Cl2FN5O4S. The number of nitro groups is 1. The van der Waals surface area contributed by atoms with Crippen LogP contribution in [-0.4, -0.2) is 31.3 Å². The van der Waals surface area contributed by atoms with Gasteiger partial charge in [0, 0.05) is 19.2 Å². The third-order valence-electron chi connectivity index (χ3n) is 4.20. The molecule has 0 aliphatic heterocycles. The summed E-state index contributed by atoms with van der Waals surface area (Å²) in [5.74, 6) is -0.174. The second kappa shape index (κ2) is 10.2. The Hall–Kier alpha value is -2.89. The molecule has 1 aromatic heterocycles. The Morgan fingerprint density at radius 1 is 1.28 bits per heavy atom. The molecule has 1 unspecified atom stereocenters. The summed E-state index contributed by atoms with van der Waals surface area (Å²) in [4.78, 5) is 22.6. The van der Waals surface area contributed by atoms with Crippen LogP contribution >= 0.6 is 35.0 Å². The molecule has 1 atom stereocenters. The molecule has 2 aromatic carbocycles. The third kappa shape index (κ3) is 5.67. The van der Waals surface area contributed by atoms with Crippen molar-refractivity contribution >= 4 is 52.2 Å². The average Bonchev–Trinajstić information content (AvgIpc) is 3.10. The minimum absolute atomic E-state index is 0.0377. The molecule has 168 valence electrons. The van der Waals surface area contributed by atoms with E-state index in [0.29, 0.717) is 16.7 Å². The maximum absolute atomic E-state index is 13.2. The standard InChI is InChI=1S/C19H16Cl2FN5O4S/c1-10(31-16-6-3-11(22)7-14(16)21)18-24-25-19(26(18)2)32-9-17(28)23-15-8-12(27(29)30)4-5-13(15)20/h3-8,10H,9H2,1-2H3,(H,23,28). The fraction of sp³-hybridized carbons (Fsp3) is 0.211. The predicted molar refractivity (Wildman–Crippen MR) is 119 cm³/mol. The maximum Gasteiger partial charge on any atom is 0.271 e. The number of hydrogen-bond acceptors (Lipinski definition) is 7. The van der Waals surface area contributed by atoms with Gasteiger partial charge in [-0.25, -0.2) is 4.39 Å². The van der Waals surface area contributed by atoms with Gasteiger partial charge in [-0.15, -0.1) is 10.2 Å². The second-order valence-electron chi connectivity index (χ2n) is 6.49. The molecule has 0 aliphatic rings. The van der Waals surface area contributed by atoms with E-state index in [0.717, 1.165) is 17.8 Å². The summed E-state index contributed by atoms with van der Waals surface area (Å²) < 4.78 is 20.6. The Morgan fingerprint density at radius 3 is 2.72 bits per heavy atom. The number of carbonyl (C=O) groups is 1. The number of rotatable bonds is 8. The molecule has 3 rings (SSSR count). The topological polar surface area (TPSA) is 112 Å². The second-order valence-corrected chi connectivity index (χ2v) is 8.25. The number of amides is 1. The van der Waals surface area contributed by atoms with Gasteiger partial charge < -0.3 is 14.6 Å². The van der Waals surface area contributed by atoms with Crippen molar-refractivity contribution in [3.63, 3.8) is 0 Å². The number of carbonyl (C=O) groups excluding carboxylic acids is 1. The summed E-state index contributed by atoms with van der Waals surface area (Å²) in [6.45, 7) is 1.73. The Kier molecular flexibility index (Phi) is 7.54. The first kappa shape index (κ1) is 23.8. The Balaban J connectivity index is 1.62. The van der Waals surface area contributed by atoms with Crippen molar-refractivity contribution in [1.82, 2.24) is 14.8 Å². The summed E-state index contributed by atoms with van der Waals surface area (Å²) in [7, 11) is 1.71. The van der Waals surface area contributed by atoms with Gasteiger partial charge in [-0.3, -0.25) is 14.9 Å². The number of anilines is 1. The van der Waals surface area contributed by atoms with Crippen LogP contribution < -0.4 is 10.1 Å². The minimum Gasteiger partial charge on any atom is -0.481 e. The molecule has 1 N–H and O–H groups in total. The van der Waals surface area contributed by atoms with Gasteiger partial charge in [-0.05, 0) is 31.2 Å². The van der Waals surface area contributed by atoms with E-state index >= 15 is 0 Å². The molecule has 1 amide bonds. The first-order chi connectivity index (χ1) is 15.2. The largest absolute Gasteiger partial charge is 0.481 e. The molecule has 0 aliphatic carbocycles. The molecule has 0 spiro atoms. The summed E-state index contributed by atoms with van der Waals surface area (Å²) in [6, 6.07) is 7.57. The van der Waals surface area contributed by atoms with Crippen molar-refractivity contribution in [3.8, 4) is 5.75 Å². The molecule has 13 heteroatoms. The monoisotopic (exact) mass is 499 g/mol. The van der Waals surface area contributed by atoms with Crippen molar-refractivity contribution in [2.45, 2.75) is 18.2 Å². The van der Waals surface area contributed by atoms with Crippen LogP contribution in [0.25, 0.3) is 0 Å². The third-order valence-corrected chi connectivity index (χ3v) is 5.84. The van der Waals surface area contributed by atoms with Gasteiger partial charge in [0.05, 0.1) is 26.4 Å². The lowest BCUT2D eigenvalue weighted by atomic mass is 10.3. The molecule has 9 nitrogen and oxygen atoms in total. The molecule has 0 radical (unpaired) electrons. The van der Waals surface area contributed by atoms with Crippen LogP contribution in [0, 0.1) is 15.9 Å².